The molecule has 0 radical (unpaired) electrons. The van der Waals surface area contributed by atoms with Gasteiger partial charge in [0.05, 0.1) is 11.9 Å². The Balaban J connectivity index is 2.28. The van der Waals surface area contributed by atoms with E-state index in [1.807, 2.05) is 49.4 Å². The number of rotatable bonds is 5. The fraction of sp³-hybridized carbons (Fsp3) is 0.250. The van der Waals surface area contributed by atoms with Crippen molar-refractivity contribution < 1.29 is 9.53 Å². The zero-order chi connectivity index (χ0) is 14.4. The molecular weight excluding hydrogens is 252 g/mol. The summed E-state index contributed by atoms with van der Waals surface area (Å²) in [6, 6.07) is 13.2. The Morgan fingerprint density at radius 2 is 2.00 bits per heavy atom. The molecule has 0 aliphatic heterocycles. The number of hydrogen-bond donors (Lipinski definition) is 0. The van der Waals surface area contributed by atoms with Gasteiger partial charge in [-0.3, -0.25) is 9.78 Å². The predicted octanol–water partition coefficient (Wildman–Crippen LogP) is 2.82. The standard InChI is InChI=1S/C16H18N2O2/c1-3-18(14-10-7-11-17-12-14)16(19)15(20-2)13-8-5-4-6-9-13/h4-12,15H,3H2,1-2H3/t15-/m0/s1. The smallest absolute Gasteiger partial charge is 0.260 e. The molecule has 1 aromatic heterocycles. The molecule has 0 aliphatic rings. The number of nitrogens with zero attached hydrogens (tertiary/aromatic N) is 2. The maximum atomic E-state index is 12.7. The minimum atomic E-state index is -0.601. The van der Waals surface area contributed by atoms with Crippen molar-refractivity contribution in [2.45, 2.75) is 13.0 Å². The van der Waals surface area contributed by atoms with E-state index in [0.717, 1.165) is 11.3 Å². The summed E-state index contributed by atoms with van der Waals surface area (Å²) in [5.41, 5.74) is 1.63. The molecule has 0 saturated heterocycles. The van der Waals surface area contributed by atoms with Gasteiger partial charge in [-0.1, -0.05) is 30.3 Å². The first-order chi connectivity index (χ1) is 9.77. The van der Waals surface area contributed by atoms with Crippen LogP contribution in [0.1, 0.15) is 18.6 Å². The quantitative estimate of drug-likeness (QED) is 0.839. The van der Waals surface area contributed by atoms with Gasteiger partial charge in [0.15, 0.2) is 6.10 Å². The minimum absolute atomic E-state index is 0.0887. The third-order valence-corrected chi connectivity index (χ3v) is 3.10. The Morgan fingerprint density at radius 1 is 1.25 bits per heavy atom. The second-order valence-corrected chi connectivity index (χ2v) is 4.32. The summed E-state index contributed by atoms with van der Waals surface area (Å²) in [5, 5.41) is 0. The van der Waals surface area contributed by atoms with Crippen LogP contribution in [0.3, 0.4) is 0 Å². The molecule has 1 heterocycles. The third kappa shape index (κ3) is 3.03. The summed E-state index contributed by atoms with van der Waals surface area (Å²) in [4.78, 5) is 18.4. The number of benzene rings is 1. The average Bonchev–Trinajstić information content (AvgIpc) is 2.51. The summed E-state index contributed by atoms with van der Waals surface area (Å²) in [6.07, 6.45) is 2.77. The van der Waals surface area contributed by atoms with Gasteiger partial charge in [-0.2, -0.15) is 0 Å². The van der Waals surface area contributed by atoms with Gasteiger partial charge in [0.1, 0.15) is 0 Å². The first kappa shape index (κ1) is 14.2. The van der Waals surface area contributed by atoms with Gasteiger partial charge in [-0.15, -0.1) is 0 Å². The Hall–Kier alpha value is -2.20. The fourth-order valence-electron chi connectivity index (χ4n) is 2.13. The van der Waals surface area contributed by atoms with E-state index < -0.39 is 6.10 Å². The Morgan fingerprint density at radius 3 is 2.55 bits per heavy atom. The molecule has 1 aromatic carbocycles. The van der Waals surface area contributed by atoms with Crippen molar-refractivity contribution in [2.75, 3.05) is 18.6 Å². The Bertz CT molecular complexity index is 493. The van der Waals surface area contributed by atoms with Crippen LogP contribution >= 0.6 is 0 Å². The number of ether oxygens (including phenoxy) is 1. The molecular formula is C16H18N2O2. The van der Waals surface area contributed by atoms with Gasteiger partial charge in [0.25, 0.3) is 5.91 Å². The summed E-state index contributed by atoms with van der Waals surface area (Å²) in [6.45, 7) is 2.50. The van der Waals surface area contributed by atoms with E-state index in [4.69, 9.17) is 4.74 Å². The zero-order valence-corrected chi connectivity index (χ0v) is 11.7. The zero-order valence-electron chi connectivity index (χ0n) is 11.7. The van der Waals surface area contributed by atoms with Crippen molar-refractivity contribution in [3.63, 3.8) is 0 Å². The number of anilines is 1. The highest BCUT2D eigenvalue weighted by molar-refractivity contribution is 5.97. The SMILES string of the molecule is CCN(C(=O)[C@@H](OC)c1ccccc1)c1cccnc1. The van der Waals surface area contributed by atoms with E-state index in [1.165, 1.54) is 0 Å². The molecule has 104 valence electrons. The minimum Gasteiger partial charge on any atom is -0.367 e. The highest BCUT2D eigenvalue weighted by atomic mass is 16.5. The molecule has 0 N–H and O–H groups in total. The third-order valence-electron chi connectivity index (χ3n) is 3.10. The lowest BCUT2D eigenvalue weighted by atomic mass is 10.1. The van der Waals surface area contributed by atoms with E-state index >= 15 is 0 Å². The van der Waals surface area contributed by atoms with E-state index in [1.54, 1.807) is 24.4 Å². The molecule has 0 aliphatic carbocycles. The number of amides is 1. The molecule has 0 bridgehead atoms. The van der Waals surface area contributed by atoms with E-state index in [9.17, 15) is 4.79 Å². The van der Waals surface area contributed by atoms with Crippen LogP contribution in [0.4, 0.5) is 5.69 Å². The monoisotopic (exact) mass is 270 g/mol. The number of pyridine rings is 1. The normalized spacial score (nSPS) is 11.9. The van der Waals surface area contributed by atoms with E-state index in [-0.39, 0.29) is 5.91 Å². The van der Waals surface area contributed by atoms with Crippen LogP contribution in [0.2, 0.25) is 0 Å². The summed E-state index contributed by atoms with van der Waals surface area (Å²) < 4.78 is 5.39. The van der Waals surface area contributed by atoms with Gasteiger partial charge < -0.3 is 9.64 Å². The summed E-state index contributed by atoms with van der Waals surface area (Å²) >= 11 is 0. The van der Waals surface area contributed by atoms with E-state index in [0.29, 0.717) is 6.54 Å². The van der Waals surface area contributed by atoms with Crippen molar-refractivity contribution in [2.24, 2.45) is 0 Å². The van der Waals surface area contributed by atoms with Crippen LogP contribution in [0.15, 0.2) is 54.9 Å². The van der Waals surface area contributed by atoms with Crippen molar-refractivity contribution in [3.05, 3.63) is 60.4 Å². The number of hydrogen-bond acceptors (Lipinski definition) is 3. The van der Waals surface area contributed by atoms with Crippen molar-refractivity contribution >= 4 is 11.6 Å². The second-order valence-electron chi connectivity index (χ2n) is 4.32. The number of carbonyl (C=O) groups is 1. The molecule has 4 nitrogen and oxygen atoms in total. The average molecular weight is 270 g/mol. The lowest BCUT2D eigenvalue weighted by molar-refractivity contribution is -0.128. The molecule has 0 unspecified atom stereocenters. The summed E-state index contributed by atoms with van der Waals surface area (Å²) in [5.74, 6) is -0.0887. The molecule has 0 saturated carbocycles. The molecule has 0 fully saturated rings. The first-order valence-corrected chi connectivity index (χ1v) is 6.57. The van der Waals surface area contributed by atoms with Gasteiger partial charge in [0, 0.05) is 19.9 Å². The highest BCUT2D eigenvalue weighted by Crippen LogP contribution is 2.22. The van der Waals surface area contributed by atoms with Gasteiger partial charge in [-0.05, 0) is 24.6 Å². The van der Waals surface area contributed by atoms with Gasteiger partial charge in [0.2, 0.25) is 0 Å². The lowest BCUT2D eigenvalue weighted by Crippen LogP contribution is -2.35. The van der Waals surface area contributed by atoms with Crippen LogP contribution in [-0.4, -0.2) is 24.5 Å². The van der Waals surface area contributed by atoms with Crippen molar-refractivity contribution in [3.8, 4) is 0 Å². The molecule has 1 atom stereocenters. The van der Waals surface area contributed by atoms with Crippen LogP contribution in [0.25, 0.3) is 0 Å². The molecule has 2 aromatic rings. The van der Waals surface area contributed by atoms with Crippen LogP contribution in [-0.2, 0) is 9.53 Å². The number of aromatic nitrogens is 1. The van der Waals surface area contributed by atoms with Crippen molar-refractivity contribution in [1.82, 2.24) is 4.98 Å². The largest absolute Gasteiger partial charge is 0.367 e. The topological polar surface area (TPSA) is 42.4 Å². The Kier molecular flexibility index (Phi) is 4.85. The Labute approximate surface area is 119 Å². The molecule has 4 heteroatoms. The lowest BCUT2D eigenvalue weighted by Gasteiger charge is -2.25. The maximum Gasteiger partial charge on any atom is 0.260 e. The molecule has 0 spiro atoms. The number of methoxy groups -OCH3 is 1. The number of carbonyl (C=O) groups excluding carboxylic acids is 1. The van der Waals surface area contributed by atoms with Gasteiger partial charge in [-0.25, -0.2) is 0 Å². The molecule has 2 rings (SSSR count). The van der Waals surface area contributed by atoms with Crippen molar-refractivity contribution in [1.29, 1.82) is 0 Å². The van der Waals surface area contributed by atoms with Crippen LogP contribution in [0, 0.1) is 0 Å². The number of likely N-dealkylation sites (N-methyl/N-ethyl adjacent to an activating group) is 1. The second kappa shape index (κ2) is 6.82. The highest BCUT2D eigenvalue weighted by Gasteiger charge is 2.25. The first-order valence-electron chi connectivity index (χ1n) is 6.57. The van der Waals surface area contributed by atoms with E-state index in [2.05, 4.69) is 4.98 Å². The molecule has 20 heavy (non-hydrogen) atoms. The van der Waals surface area contributed by atoms with Gasteiger partial charge >= 0.3 is 0 Å². The summed E-state index contributed by atoms with van der Waals surface area (Å²) in [7, 11) is 1.55. The fourth-order valence-corrected chi connectivity index (χ4v) is 2.13. The molecule has 1 amide bonds. The maximum absolute atomic E-state index is 12.7. The predicted molar refractivity (Wildman–Crippen MR) is 78.5 cm³/mol. The van der Waals surface area contributed by atoms with Crippen LogP contribution in [0.5, 0.6) is 0 Å². The van der Waals surface area contributed by atoms with Crippen LogP contribution < -0.4 is 4.90 Å².